The number of hydrogen-bond donors (Lipinski definition) is 0. The molecule has 108 valence electrons. The summed E-state index contributed by atoms with van der Waals surface area (Å²) in [5, 5.41) is 0. The molecular formula is C18H25NO. The van der Waals surface area contributed by atoms with Gasteiger partial charge < -0.3 is 0 Å². The van der Waals surface area contributed by atoms with E-state index in [9.17, 15) is 4.79 Å². The van der Waals surface area contributed by atoms with Gasteiger partial charge in [0.25, 0.3) is 0 Å². The molecule has 20 heavy (non-hydrogen) atoms. The SMILES string of the molecule is CCC1CC(=O)c2ccc(CC3CCCCC3)nc2C1. The number of fused-ring (bicyclic) bond motifs is 1. The van der Waals surface area contributed by atoms with Crippen molar-refractivity contribution < 1.29 is 4.79 Å². The molecule has 2 aliphatic carbocycles. The van der Waals surface area contributed by atoms with Crippen LogP contribution in [0.2, 0.25) is 0 Å². The minimum absolute atomic E-state index is 0.301. The highest BCUT2D eigenvalue weighted by Crippen LogP contribution is 2.29. The number of carbonyl (C=O) groups excluding carboxylic acids is 1. The molecule has 1 saturated carbocycles. The third-order valence-electron chi connectivity index (χ3n) is 5.09. The molecule has 2 aliphatic rings. The monoisotopic (exact) mass is 271 g/mol. The van der Waals surface area contributed by atoms with Crippen molar-refractivity contribution in [1.29, 1.82) is 0 Å². The zero-order valence-electron chi connectivity index (χ0n) is 12.5. The summed E-state index contributed by atoms with van der Waals surface area (Å²) in [6.07, 6.45) is 10.8. The lowest BCUT2D eigenvalue weighted by atomic mass is 9.83. The average Bonchev–Trinajstić information content (AvgIpc) is 2.48. The smallest absolute Gasteiger partial charge is 0.164 e. The quantitative estimate of drug-likeness (QED) is 0.817. The van der Waals surface area contributed by atoms with E-state index < -0.39 is 0 Å². The van der Waals surface area contributed by atoms with Gasteiger partial charge in [0.1, 0.15) is 0 Å². The van der Waals surface area contributed by atoms with Crippen molar-refractivity contribution in [1.82, 2.24) is 4.98 Å². The maximum Gasteiger partial charge on any atom is 0.164 e. The van der Waals surface area contributed by atoms with Gasteiger partial charge in [-0.15, -0.1) is 0 Å². The van der Waals surface area contributed by atoms with E-state index in [1.165, 1.54) is 37.8 Å². The summed E-state index contributed by atoms with van der Waals surface area (Å²) in [5.74, 6) is 1.62. The molecule has 1 fully saturated rings. The average molecular weight is 271 g/mol. The Morgan fingerprint density at radius 2 is 1.90 bits per heavy atom. The second-order valence-electron chi connectivity index (χ2n) is 6.61. The first kappa shape index (κ1) is 13.8. The first-order valence-corrected chi connectivity index (χ1v) is 8.28. The Balaban J connectivity index is 1.76. The molecule has 0 N–H and O–H groups in total. The van der Waals surface area contributed by atoms with Crippen LogP contribution in [-0.2, 0) is 12.8 Å². The van der Waals surface area contributed by atoms with Gasteiger partial charge in [0.05, 0.1) is 5.69 Å². The van der Waals surface area contributed by atoms with Crippen molar-refractivity contribution in [3.8, 4) is 0 Å². The highest BCUT2D eigenvalue weighted by molar-refractivity contribution is 5.98. The predicted octanol–water partition coefficient (Wildman–Crippen LogP) is 4.36. The van der Waals surface area contributed by atoms with Crippen LogP contribution in [0.3, 0.4) is 0 Å². The van der Waals surface area contributed by atoms with Gasteiger partial charge in [-0.2, -0.15) is 0 Å². The molecule has 1 unspecified atom stereocenters. The van der Waals surface area contributed by atoms with Crippen LogP contribution in [0.4, 0.5) is 0 Å². The topological polar surface area (TPSA) is 30.0 Å². The molecule has 1 heterocycles. The molecule has 0 aliphatic heterocycles. The molecule has 0 radical (unpaired) electrons. The van der Waals surface area contributed by atoms with Crippen LogP contribution in [-0.4, -0.2) is 10.8 Å². The van der Waals surface area contributed by atoms with Gasteiger partial charge in [-0.25, -0.2) is 0 Å². The molecule has 0 spiro atoms. The lowest BCUT2D eigenvalue weighted by Crippen LogP contribution is -2.21. The number of rotatable bonds is 3. The Kier molecular flexibility index (Phi) is 4.18. The summed E-state index contributed by atoms with van der Waals surface area (Å²) >= 11 is 0. The first-order valence-electron chi connectivity index (χ1n) is 8.28. The van der Waals surface area contributed by atoms with Gasteiger partial charge in [0.15, 0.2) is 5.78 Å². The molecule has 1 aromatic rings. The van der Waals surface area contributed by atoms with Gasteiger partial charge in [-0.3, -0.25) is 9.78 Å². The fourth-order valence-corrected chi connectivity index (χ4v) is 3.76. The van der Waals surface area contributed by atoms with E-state index in [-0.39, 0.29) is 0 Å². The molecule has 1 atom stereocenters. The van der Waals surface area contributed by atoms with Crippen molar-refractivity contribution in [2.45, 2.75) is 64.7 Å². The summed E-state index contributed by atoms with van der Waals surface area (Å²) < 4.78 is 0. The van der Waals surface area contributed by atoms with Crippen molar-refractivity contribution in [2.24, 2.45) is 11.8 Å². The Bertz CT molecular complexity index is 488. The normalized spacial score (nSPS) is 23.6. The molecule has 1 aromatic heterocycles. The summed E-state index contributed by atoms with van der Waals surface area (Å²) in [4.78, 5) is 17.0. The minimum atomic E-state index is 0.301. The third-order valence-corrected chi connectivity index (χ3v) is 5.09. The van der Waals surface area contributed by atoms with E-state index >= 15 is 0 Å². The maximum atomic E-state index is 12.1. The Morgan fingerprint density at radius 3 is 2.65 bits per heavy atom. The lowest BCUT2D eigenvalue weighted by Gasteiger charge is -2.24. The molecule has 0 amide bonds. The summed E-state index contributed by atoms with van der Waals surface area (Å²) in [6.45, 7) is 2.18. The standard InChI is InChI=1S/C18H25NO/c1-2-13-11-17-16(18(20)12-13)9-8-15(19-17)10-14-6-4-3-5-7-14/h8-9,13-14H,2-7,10-12H2,1H3. The van der Waals surface area contributed by atoms with E-state index in [1.54, 1.807) is 0 Å². The van der Waals surface area contributed by atoms with Gasteiger partial charge in [-0.05, 0) is 36.8 Å². The summed E-state index contributed by atoms with van der Waals surface area (Å²) in [7, 11) is 0. The van der Waals surface area contributed by atoms with Gasteiger partial charge >= 0.3 is 0 Å². The third kappa shape index (κ3) is 2.94. The van der Waals surface area contributed by atoms with E-state index in [4.69, 9.17) is 4.98 Å². The number of hydrogen-bond acceptors (Lipinski definition) is 2. The van der Waals surface area contributed by atoms with Crippen molar-refractivity contribution in [3.63, 3.8) is 0 Å². The van der Waals surface area contributed by atoms with Gasteiger partial charge in [0.2, 0.25) is 0 Å². The highest BCUT2D eigenvalue weighted by atomic mass is 16.1. The zero-order chi connectivity index (χ0) is 13.9. The van der Waals surface area contributed by atoms with Crippen LogP contribution in [0.15, 0.2) is 12.1 Å². The molecule has 0 aromatic carbocycles. The van der Waals surface area contributed by atoms with E-state index in [0.29, 0.717) is 18.1 Å². The Morgan fingerprint density at radius 1 is 1.10 bits per heavy atom. The zero-order valence-corrected chi connectivity index (χ0v) is 12.5. The van der Waals surface area contributed by atoms with Crippen LogP contribution in [0.1, 0.15) is 73.6 Å². The van der Waals surface area contributed by atoms with E-state index in [2.05, 4.69) is 13.0 Å². The van der Waals surface area contributed by atoms with Crippen LogP contribution < -0.4 is 0 Å². The second-order valence-corrected chi connectivity index (χ2v) is 6.61. The first-order chi connectivity index (χ1) is 9.76. The second kappa shape index (κ2) is 6.07. The number of nitrogens with zero attached hydrogens (tertiary/aromatic N) is 1. The van der Waals surface area contributed by atoms with E-state index in [0.717, 1.165) is 36.4 Å². The minimum Gasteiger partial charge on any atom is -0.294 e. The van der Waals surface area contributed by atoms with Gasteiger partial charge in [0, 0.05) is 17.7 Å². The summed E-state index contributed by atoms with van der Waals surface area (Å²) in [6, 6.07) is 4.13. The number of ketones is 1. The van der Waals surface area contributed by atoms with Crippen LogP contribution in [0.25, 0.3) is 0 Å². The number of Topliss-reactive ketones (excluding diaryl/α,β-unsaturated/α-hetero) is 1. The predicted molar refractivity (Wildman–Crippen MR) is 80.9 cm³/mol. The van der Waals surface area contributed by atoms with E-state index in [1.807, 2.05) is 6.07 Å². The largest absolute Gasteiger partial charge is 0.294 e. The van der Waals surface area contributed by atoms with Crippen molar-refractivity contribution >= 4 is 5.78 Å². The summed E-state index contributed by atoms with van der Waals surface area (Å²) in [5.41, 5.74) is 3.17. The van der Waals surface area contributed by atoms with Crippen LogP contribution in [0.5, 0.6) is 0 Å². The highest BCUT2D eigenvalue weighted by Gasteiger charge is 2.25. The Labute approximate surface area is 122 Å². The number of carbonyl (C=O) groups is 1. The van der Waals surface area contributed by atoms with Crippen LogP contribution >= 0.6 is 0 Å². The molecule has 0 saturated heterocycles. The number of aromatic nitrogens is 1. The van der Waals surface area contributed by atoms with Crippen molar-refractivity contribution in [2.75, 3.05) is 0 Å². The molecular weight excluding hydrogens is 246 g/mol. The fourth-order valence-electron chi connectivity index (χ4n) is 3.76. The molecule has 2 nitrogen and oxygen atoms in total. The maximum absolute atomic E-state index is 12.1. The fraction of sp³-hybridized carbons (Fsp3) is 0.667. The number of pyridine rings is 1. The Hall–Kier alpha value is -1.18. The van der Waals surface area contributed by atoms with Gasteiger partial charge in [-0.1, -0.05) is 45.4 Å². The molecule has 3 rings (SSSR count). The van der Waals surface area contributed by atoms with Crippen LogP contribution in [0, 0.1) is 11.8 Å². The lowest BCUT2D eigenvalue weighted by molar-refractivity contribution is 0.0946. The molecule has 0 bridgehead atoms. The van der Waals surface area contributed by atoms with Crippen molar-refractivity contribution in [3.05, 3.63) is 29.1 Å². The molecule has 2 heteroatoms.